The normalized spacial score (nSPS) is 11.3. The van der Waals surface area contributed by atoms with E-state index in [1.54, 1.807) is 0 Å². The molecule has 108 valence electrons. The number of nitro benzene ring substituents is 1. The first-order chi connectivity index (χ1) is 9.15. The lowest BCUT2D eigenvalue weighted by Crippen LogP contribution is -2.32. The van der Waals surface area contributed by atoms with E-state index in [0.29, 0.717) is 0 Å². The predicted molar refractivity (Wildman–Crippen MR) is 66.5 cm³/mol. The number of nitro groups is 1. The molecule has 9 heteroatoms. The van der Waals surface area contributed by atoms with Gasteiger partial charge in [-0.2, -0.15) is 8.42 Å². The van der Waals surface area contributed by atoms with Crippen LogP contribution in [0.1, 0.15) is 13.8 Å². The highest BCUT2D eigenvalue weighted by Crippen LogP contribution is 2.19. The maximum absolute atomic E-state index is 11.8. The van der Waals surface area contributed by atoms with Gasteiger partial charge in [-0.15, -0.1) is 0 Å². The van der Waals surface area contributed by atoms with E-state index < -0.39 is 32.7 Å². The van der Waals surface area contributed by atoms with Crippen LogP contribution in [0.3, 0.4) is 0 Å². The van der Waals surface area contributed by atoms with Gasteiger partial charge in [0.05, 0.1) is 9.82 Å². The third-order valence-electron chi connectivity index (χ3n) is 2.30. The Labute approximate surface area is 114 Å². The van der Waals surface area contributed by atoms with Crippen LogP contribution in [0.2, 0.25) is 0 Å². The van der Waals surface area contributed by atoms with E-state index in [1.807, 2.05) is 0 Å². The summed E-state index contributed by atoms with van der Waals surface area (Å²) in [6.07, 6.45) is -1.71. The topological polar surface area (TPSA) is 121 Å². The monoisotopic (exact) mass is 301 g/mol. The molecule has 1 aromatic rings. The number of non-ortho nitro benzene ring substituents is 1. The summed E-state index contributed by atoms with van der Waals surface area (Å²) in [5.41, 5.74) is -0.293. The molecule has 0 atom stereocenters. The number of carbonyl (C=O) groups excluding carboxylic acids is 2. The number of hydrogen-bond acceptors (Lipinski definition) is 7. The van der Waals surface area contributed by atoms with E-state index in [1.165, 1.54) is 0 Å². The van der Waals surface area contributed by atoms with Gasteiger partial charge < -0.3 is 0 Å². The van der Waals surface area contributed by atoms with Crippen LogP contribution in [0.4, 0.5) is 5.69 Å². The quantitative estimate of drug-likeness (QED) is 0.330. The maximum Gasteiger partial charge on any atom is 0.298 e. The molecule has 20 heavy (non-hydrogen) atoms. The number of carbonyl (C=O) groups is 2. The van der Waals surface area contributed by atoms with Crippen LogP contribution in [0, 0.1) is 10.1 Å². The summed E-state index contributed by atoms with van der Waals surface area (Å²) in [7, 11) is -4.36. The molecule has 0 saturated carbocycles. The molecule has 1 aromatic carbocycles. The van der Waals surface area contributed by atoms with E-state index in [9.17, 15) is 28.1 Å². The molecular weight excluding hydrogens is 290 g/mol. The van der Waals surface area contributed by atoms with Crippen LogP contribution in [0.15, 0.2) is 29.2 Å². The summed E-state index contributed by atoms with van der Waals surface area (Å²) < 4.78 is 28.2. The first-order valence-corrected chi connectivity index (χ1v) is 6.74. The standard InChI is InChI=1S/C11H11NO7S/c1-7(13)11(8(2)14)19-20(17,18)10-5-3-9(4-6-10)12(15)16/h3-6,11H,1-2H3. The van der Waals surface area contributed by atoms with E-state index in [0.717, 1.165) is 38.1 Å². The van der Waals surface area contributed by atoms with Crippen molar-refractivity contribution in [3.8, 4) is 0 Å². The maximum atomic E-state index is 11.8. The van der Waals surface area contributed by atoms with E-state index in [2.05, 4.69) is 4.18 Å². The molecule has 0 aromatic heterocycles. The van der Waals surface area contributed by atoms with Crippen molar-refractivity contribution in [2.24, 2.45) is 0 Å². The van der Waals surface area contributed by atoms with Crippen LogP contribution in [-0.4, -0.2) is 31.0 Å². The van der Waals surface area contributed by atoms with Crippen molar-refractivity contribution in [2.75, 3.05) is 0 Å². The van der Waals surface area contributed by atoms with Gasteiger partial charge in [-0.1, -0.05) is 0 Å². The van der Waals surface area contributed by atoms with Crippen LogP contribution < -0.4 is 0 Å². The lowest BCUT2D eigenvalue weighted by molar-refractivity contribution is -0.384. The van der Waals surface area contributed by atoms with Gasteiger partial charge in [0.2, 0.25) is 0 Å². The second kappa shape index (κ2) is 5.88. The van der Waals surface area contributed by atoms with Crippen molar-refractivity contribution in [2.45, 2.75) is 24.8 Å². The Hall–Kier alpha value is -2.13. The van der Waals surface area contributed by atoms with Crippen LogP contribution in [-0.2, 0) is 23.9 Å². The number of ketones is 2. The molecule has 0 spiro atoms. The fraction of sp³-hybridized carbons (Fsp3) is 0.273. The highest BCUT2D eigenvalue weighted by atomic mass is 32.2. The summed E-state index contributed by atoms with van der Waals surface area (Å²) in [6.45, 7) is 2.05. The van der Waals surface area contributed by atoms with Gasteiger partial charge in [0.15, 0.2) is 17.7 Å². The molecule has 0 aliphatic heterocycles. The van der Waals surface area contributed by atoms with Gasteiger partial charge in [-0.25, -0.2) is 4.18 Å². The molecule has 8 nitrogen and oxygen atoms in total. The smallest absolute Gasteiger partial charge is 0.297 e. The minimum atomic E-state index is -4.36. The zero-order chi connectivity index (χ0) is 15.5. The Kier molecular flexibility index (Phi) is 4.69. The van der Waals surface area contributed by atoms with Gasteiger partial charge in [0.1, 0.15) is 0 Å². The second-order valence-electron chi connectivity index (χ2n) is 3.90. The molecule has 0 fully saturated rings. The Morgan fingerprint density at radius 3 is 1.95 bits per heavy atom. The fourth-order valence-electron chi connectivity index (χ4n) is 1.34. The average Bonchev–Trinajstić information content (AvgIpc) is 2.35. The lowest BCUT2D eigenvalue weighted by atomic mass is 10.2. The average molecular weight is 301 g/mol. The van der Waals surface area contributed by atoms with E-state index in [4.69, 9.17) is 0 Å². The van der Waals surface area contributed by atoms with E-state index >= 15 is 0 Å². The molecular formula is C11H11NO7S. The Morgan fingerprint density at radius 1 is 1.15 bits per heavy atom. The molecule has 0 amide bonds. The van der Waals surface area contributed by atoms with Crippen molar-refractivity contribution < 1.29 is 27.1 Å². The Morgan fingerprint density at radius 2 is 1.60 bits per heavy atom. The van der Waals surface area contributed by atoms with Crippen LogP contribution >= 0.6 is 0 Å². The zero-order valence-corrected chi connectivity index (χ0v) is 11.4. The highest BCUT2D eigenvalue weighted by molar-refractivity contribution is 7.86. The molecule has 0 aliphatic rings. The van der Waals surface area contributed by atoms with Crippen LogP contribution in [0.25, 0.3) is 0 Å². The van der Waals surface area contributed by atoms with Crippen molar-refractivity contribution >= 4 is 27.4 Å². The first-order valence-electron chi connectivity index (χ1n) is 5.34. The summed E-state index contributed by atoms with van der Waals surface area (Å²) in [6, 6.07) is 3.88. The lowest BCUT2D eigenvalue weighted by Gasteiger charge is -2.11. The highest BCUT2D eigenvalue weighted by Gasteiger charge is 2.28. The number of hydrogen-bond donors (Lipinski definition) is 0. The number of benzene rings is 1. The Balaban J connectivity index is 3.07. The minimum Gasteiger partial charge on any atom is -0.297 e. The fourth-order valence-corrected chi connectivity index (χ4v) is 2.44. The third kappa shape index (κ3) is 3.68. The van der Waals surface area contributed by atoms with Gasteiger partial charge >= 0.3 is 0 Å². The SMILES string of the molecule is CC(=O)C(OS(=O)(=O)c1ccc([N+](=O)[O-])cc1)C(C)=O. The number of Topliss-reactive ketones (excluding diaryl/α,β-unsaturated/α-hetero) is 2. The molecule has 0 saturated heterocycles. The summed E-state index contributed by atoms with van der Waals surface area (Å²) in [5.74, 6) is -1.49. The molecule has 0 radical (unpaired) electrons. The molecule has 0 aliphatic carbocycles. The van der Waals surface area contributed by atoms with Gasteiger partial charge in [0.25, 0.3) is 15.8 Å². The number of rotatable bonds is 6. The summed E-state index contributed by atoms with van der Waals surface area (Å²) in [4.78, 5) is 31.7. The first kappa shape index (κ1) is 15.9. The molecule has 0 heterocycles. The van der Waals surface area contributed by atoms with Gasteiger partial charge in [-0.3, -0.25) is 19.7 Å². The minimum absolute atomic E-state index is 0.293. The molecule has 1 rings (SSSR count). The largest absolute Gasteiger partial charge is 0.298 e. The van der Waals surface area contributed by atoms with E-state index in [-0.39, 0.29) is 10.6 Å². The summed E-state index contributed by atoms with van der Waals surface area (Å²) in [5, 5.41) is 10.5. The van der Waals surface area contributed by atoms with Crippen molar-refractivity contribution in [3.63, 3.8) is 0 Å². The molecule has 0 N–H and O–H groups in total. The Bertz CT molecular complexity index is 634. The third-order valence-corrected chi connectivity index (χ3v) is 3.59. The molecule has 0 unspecified atom stereocenters. The van der Waals surface area contributed by atoms with Crippen LogP contribution in [0.5, 0.6) is 0 Å². The van der Waals surface area contributed by atoms with Crippen molar-refractivity contribution in [3.05, 3.63) is 34.4 Å². The van der Waals surface area contributed by atoms with Crippen molar-refractivity contribution in [1.82, 2.24) is 0 Å². The van der Waals surface area contributed by atoms with Crippen molar-refractivity contribution in [1.29, 1.82) is 0 Å². The second-order valence-corrected chi connectivity index (χ2v) is 5.47. The van der Waals surface area contributed by atoms with Gasteiger partial charge in [0, 0.05) is 12.1 Å². The zero-order valence-electron chi connectivity index (χ0n) is 10.6. The summed E-state index contributed by atoms with van der Waals surface area (Å²) >= 11 is 0. The molecule has 0 bridgehead atoms. The van der Waals surface area contributed by atoms with Gasteiger partial charge in [-0.05, 0) is 26.0 Å². The predicted octanol–water partition coefficient (Wildman–Crippen LogP) is 0.847. The number of nitrogens with zero attached hydrogens (tertiary/aromatic N) is 1.